The number of rotatable bonds is 7. The summed E-state index contributed by atoms with van der Waals surface area (Å²) in [5.74, 6) is -5.90. The molecule has 0 bridgehead atoms. The smallest absolute Gasteiger partial charge is 0.399 e. The molecule has 3 rings (SSSR count). The highest BCUT2D eigenvalue weighted by molar-refractivity contribution is 5.66. The fourth-order valence-corrected chi connectivity index (χ4v) is 4.55. The summed E-state index contributed by atoms with van der Waals surface area (Å²) in [4.78, 5) is 0. The first-order valence-electron chi connectivity index (χ1n) is 10.8. The molecular formula is C24H25F7O. The van der Waals surface area contributed by atoms with Gasteiger partial charge in [0.05, 0.1) is 5.56 Å². The first-order chi connectivity index (χ1) is 15.1. The van der Waals surface area contributed by atoms with E-state index in [9.17, 15) is 30.7 Å². The molecule has 1 fully saturated rings. The number of halogens is 7. The highest BCUT2D eigenvalue weighted by Gasteiger charge is 2.34. The molecule has 0 N–H and O–H groups in total. The molecule has 8 heteroatoms. The van der Waals surface area contributed by atoms with Crippen LogP contribution in [0, 0.1) is 35.1 Å². The van der Waals surface area contributed by atoms with Crippen molar-refractivity contribution >= 4 is 0 Å². The van der Waals surface area contributed by atoms with Crippen LogP contribution >= 0.6 is 0 Å². The highest BCUT2D eigenvalue weighted by Crippen LogP contribution is 2.36. The standard InChI is InChI=1S/C24H25F7O/c1-2-3-14-4-6-15(7-5-14)8-9-16-10-18(25)22(19(26)11-16)17-12-20(27)23(21(28)13-17)32-24(29,30)31/h10-15H,2-9H2,1H3. The molecule has 1 aliphatic carbocycles. The summed E-state index contributed by atoms with van der Waals surface area (Å²) >= 11 is 0. The van der Waals surface area contributed by atoms with Gasteiger partial charge in [-0.3, -0.25) is 0 Å². The maximum absolute atomic E-state index is 14.6. The number of hydrogen-bond donors (Lipinski definition) is 0. The lowest BCUT2D eigenvalue weighted by molar-refractivity contribution is -0.276. The molecular weight excluding hydrogens is 437 g/mol. The molecule has 0 saturated heterocycles. The monoisotopic (exact) mass is 462 g/mol. The molecule has 32 heavy (non-hydrogen) atoms. The number of aryl methyl sites for hydroxylation is 1. The van der Waals surface area contributed by atoms with Gasteiger partial charge in [-0.05, 0) is 60.1 Å². The van der Waals surface area contributed by atoms with Crippen molar-refractivity contribution < 1.29 is 35.5 Å². The number of alkyl halides is 3. The van der Waals surface area contributed by atoms with Crippen LogP contribution in [0.5, 0.6) is 5.75 Å². The Balaban J connectivity index is 1.72. The Labute approximate surface area is 182 Å². The molecule has 0 heterocycles. The zero-order valence-electron chi connectivity index (χ0n) is 17.7. The summed E-state index contributed by atoms with van der Waals surface area (Å²) < 4.78 is 97.4. The average molecular weight is 462 g/mol. The van der Waals surface area contributed by atoms with Crippen molar-refractivity contribution in [1.29, 1.82) is 0 Å². The number of benzene rings is 2. The molecule has 0 aromatic heterocycles. The second kappa shape index (κ2) is 10.1. The Hall–Kier alpha value is -2.25. The van der Waals surface area contributed by atoms with Gasteiger partial charge in [0.25, 0.3) is 0 Å². The van der Waals surface area contributed by atoms with Crippen LogP contribution in [0.4, 0.5) is 30.7 Å². The van der Waals surface area contributed by atoms with E-state index in [1.165, 1.54) is 25.7 Å². The zero-order valence-corrected chi connectivity index (χ0v) is 17.7. The fourth-order valence-electron chi connectivity index (χ4n) is 4.55. The third kappa shape index (κ3) is 6.17. The summed E-state index contributed by atoms with van der Waals surface area (Å²) in [5.41, 5.74) is -0.826. The quantitative estimate of drug-likeness (QED) is 0.376. The molecule has 2 aromatic carbocycles. The molecule has 0 unspecified atom stereocenters. The summed E-state index contributed by atoms with van der Waals surface area (Å²) in [7, 11) is 0. The van der Waals surface area contributed by atoms with Crippen LogP contribution in [0.25, 0.3) is 11.1 Å². The predicted molar refractivity (Wildman–Crippen MR) is 107 cm³/mol. The van der Waals surface area contributed by atoms with Crippen molar-refractivity contribution in [2.45, 2.75) is 64.7 Å². The number of ether oxygens (including phenoxy) is 1. The van der Waals surface area contributed by atoms with Crippen LogP contribution in [-0.2, 0) is 6.42 Å². The van der Waals surface area contributed by atoms with Gasteiger partial charge in [0.15, 0.2) is 11.6 Å². The van der Waals surface area contributed by atoms with E-state index in [-0.39, 0.29) is 0 Å². The van der Waals surface area contributed by atoms with Crippen LogP contribution in [-0.4, -0.2) is 6.36 Å². The normalized spacial score (nSPS) is 19.2. The number of hydrogen-bond acceptors (Lipinski definition) is 1. The van der Waals surface area contributed by atoms with E-state index in [4.69, 9.17) is 0 Å². The third-order valence-electron chi connectivity index (χ3n) is 6.11. The summed E-state index contributed by atoms with van der Waals surface area (Å²) in [6.45, 7) is 2.17. The van der Waals surface area contributed by atoms with Gasteiger partial charge in [-0.15, -0.1) is 13.2 Å². The predicted octanol–water partition coefficient (Wildman–Crippen LogP) is 8.35. The van der Waals surface area contributed by atoms with E-state index in [2.05, 4.69) is 11.7 Å². The van der Waals surface area contributed by atoms with Gasteiger partial charge < -0.3 is 4.74 Å². The van der Waals surface area contributed by atoms with Crippen LogP contribution in [0.1, 0.15) is 57.4 Å². The second-order valence-corrected chi connectivity index (χ2v) is 8.47. The first kappa shape index (κ1) is 24.4. The molecule has 0 atom stereocenters. The van der Waals surface area contributed by atoms with Crippen molar-refractivity contribution in [3.63, 3.8) is 0 Å². The van der Waals surface area contributed by atoms with Gasteiger partial charge in [-0.25, -0.2) is 17.6 Å². The van der Waals surface area contributed by atoms with Gasteiger partial charge in [-0.1, -0.05) is 45.4 Å². The Morgan fingerprint density at radius 1 is 0.781 bits per heavy atom. The Kier molecular flexibility index (Phi) is 7.72. The lowest BCUT2D eigenvalue weighted by atomic mass is 9.78. The highest BCUT2D eigenvalue weighted by atomic mass is 19.4. The molecule has 0 radical (unpaired) electrons. The lowest BCUT2D eigenvalue weighted by Crippen LogP contribution is -2.19. The Bertz CT molecular complexity index is 884. The zero-order chi connectivity index (χ0) is 23.5. The van der Waals surface area contributed by atoms with Gasteiger partial charge in [0.1, 0.15) is 11.6 Å². The van der Waals surface area contributed by atoms with Crippen molar-refractivity contribution in [2.75, 3.05) is 0 Å². The van der Waals surface area contributed by atoms with E-state index < -0.39 is 46.5 Å². The molecule has 1 nitrogen and oxygen atoms in total. The molecule has 0 aliphatic heterocycles. The van der Waals surface area contributed by atoms with Crippen molar-refractivity contribution in [1.82, 2.24) is 0 Å². The minimum atomic E-state index is -5.31. The van der Waals surface area contributed by atoms with E-state index in [1.807, 2.05) is 0 Å². The van der Waals surface area contributed by atoms with E-state index in [0.29, 0.717) is 30.0 Å². The largest absolute Gasteiger partial charge is 0.573 e. The van der Waals surface area contributed by atoms with Crippen LogP contribution < -0.4 is 4.74 Å². The average Bonchev–Trinajstić information content (AvgIpc) is 2.69. The summed E-state index contributed by atoms with van der Waals surface area (Å²) in [5, 5.41) is 0. The molecule has 0 spiro atoms. The molecule has 0 amide bonds. The molecule has 1 aliphatic rings. The second-order valence-electron chi connectivity index (χ2n) is 8.47. The Morgan fingerprint density at radius 3 is 1.75 bits per heavy atom. The van der Waals surface area contributed by atoms with E-state index in [0.717, 1.165) is 37.3 Å². The topological polar surface area (TPSA) is 9.23 Å². The van der Waals surface area contributed by atoms with Crippen molar-refractivity contribution in [3.8, 4) is 16.9 Å². The van der Waals surface area contributed by atoms with Gasteiger partial charge >= 0.3 is 6.36 Å². The Morgan fingerprint density at radius 2 is 1.28 bits per heavy atom. The van der Waals surface area contributed by atoms with Crippen LogP contribution in [0.3, 0.4) is 0 Å². The van der Waals surface area contributed by atoms with Crippen molar-refractivity contribution in [3.05, 3.63) is 53.1 Å². The molecule has 2 aromatic rings. The first-order valence-corrected chi connectivity index (χ1v) is 10.8. The lowest BCUT2D eigenvalue weighted by Gasteiger charge is -2.28. The minimum absolute atomic E-state index is 0.417. The van der Waals surface area contributed by atoms with E-state index in [1.54, 1.807) is 0 Å². The molecule has 176 valence electrons. The van der Waals surface area contributed by atoms with E-state index >= 15 is 0 Å². The molecule has 1 saturated carbocycles. The summed E-state index contributed by atoms with van der Waals surface area (Å²) in [6.07, 6.45) is 2.90. The van der Waals surface area contributed by atoms with Gasteiger partial charge in [0, 0.05) is 0 Å². The minimum Gasteiger partial charge on any atom is -0.399 e. The third-order valence-corrected chi connectivity index (χ3v) is 6.11. The SMILES string of the molecule is CCCC1CCC(CCc2cc(F)c(-c3cc(F)c(OC(F)(F)F)c(F)c3)c(F)c2)CC1. The fraction of sp³-hybridized carbons (Fsp3) is 0.500. The van der Waals surface area contributed by atoms with Gasteiger partial charge in [0.2, 0.25) is 5.75 Å². The van der Waals surface area contributed by atoms with Crippen molar-refractivity contribution in [2.24, 2.45) is 11.8 Å². The maximum atomic E-state index is 14.6. The van der Waals surface area contributed by atoms with Gasteiger partial charge in [-0.2, -0.15) is 0 Å². The maximum Gasteiger partial charge on any atom is 0.573 e. The summed E-state index contributed by atoms with van der Waals surface area (Å²) in [6, 6.07) is 3.05. The van der Waals surface area contributed by atoms with Crippen LogP contribution in [0.2, 0.25) is 0 Å². The van der Waals surface area contributed by atoms with Crippen LogP contribution in [0.15, 0.2) is 24.3 Å².